The normalized spacial score (nSPS) is 20.5. The van der Waals surface area contributed by atoms with Gasteiger partial charge in [-0.3, -0.25) is 4.79 Å². The Morgan fingerprint density at radius 1 is 1.29 bits per heavy atom. The van der Waals surface area contributed by atoms with E-state index < -0.39 is 0 Å². The number of amides is 1. The van der Waals surface area contributed by atoms with Crippen LogP contribution in [0.1, 0.15) is 38.5 Å². The van der Waals surface area contributed by atoms with Gasteiger partial charge in [0, 0.05) is 12.6 Å². The second kappa shape index (κ2) is 6.20. The van der Waals surface area contributed by atoms with Crippen LogP contribution >= 0.6 is 0 Å². The number of hydrogen-bond acceptors (Lipinski definition) is 2. The van der Waals surface area contributed by atoms with Gasteiger partial charge in [0.1, 0.15) is 0 Å². The number of carbonyl (C=O) groups excluding carboxylic acids is 1. The zero-order valence-corrected chi connectivity index (χ0v) is 10.7. The number of nitrogens with zero attached hydrogens (tertiary/aromatic N) is 1. The summed E-state index contributed by atoms with van der Waals surface area (Å²) >= 11 is 0. The molecule has 2 aliphatic carbocycles. The zero-order chi connectivity index (χ0) is 12.1. The summed E-state index contributed by atoms with van der Waals surface area (Å²) in [7, 11) is 0. The summed E-state index contributed by atoms with van der Waals surface area (Å²) in [5.41, 5.74) is 0. The fourth-order valence-electron chi connectivity index (χ4n) is 2.62. The van der Waals surface area contributed by atoms with E-state index in [1.807, 2.05) is 11.0 Å². The van der Waals surface area contributed by atoms with E-state index in [0.29, 0.717) is 19.1 Å². The molecule has 0 unspecified atom stereocenters. The van der Waals surface area contributed by atoms with Crippen LogP contribution < -0.4 is 5.32 Å². The fraction of sp³-hybridized carbons (Fsp3) is 0.786. The summed E-state index contributed by atoms with van der Waals surface area (Å²) in [5.74, 6) is 1.08. The lowest BCUT2D eigenvalue weighted by Crippen LogP contribution is -2.44. The molecule has 0 bridgehead atoms. The maximum absolute atomic E-state index is 12.1. The van der Waals surface area contributed by atoms with Gasteiger partial charge >= 0.3 is 0 Å². The first-order chi connectivity index (χ1) is 8.31. The molecule has 0 spiro atoms. The average Bonchev–Trinajstić information content (AvgIpc) is 2.99. The average molecular weight is 236 g/mol. The highest BCUT2D eigenvalue weighted by Gasteiger charge is 2.26. The van der Waals surface area contributed by atoms with Gasteiger partial charge in [0.05, 0.1) is 6.54 Å². The molecule has 0 aliphatic heterocycles. The van der Waals surface area contributed by atoms with Crippen LogP contribution in [0.25, 0.3) is 0 Å². The van der Waals surface area contributed by atoms with Crippen LogP contribution in [0.4, 0.5) is 0 Å². The molecule has 1 amide bonds. The molecule has 0 aromatic heterocycles. The van der Waals surface area contributed by atoms with Crippen molar-refractivity contribution in [2.75, 3.05) is 19.6 Å². The van der Waals surface area contributed by atoms with Crippen LogP contribution in [0.15, 0.2) is 12.7 Å². The topological polar surface area (TPSA) is 32.3 Å². The zero-order valence-electron chi connectivity index (χ0n) is 10.7. The lowest BCUT2D eigenvalue weighted by atomic mass is 10.2. The highest BCUT2D eigenvalue weighted by atomic mass is 16.2. The summed E-state index contributed by atoms with van der Waals surface area (Å²) < 4.78 is 0. The van der Waals surface area contributed by atoms with Crippen molar-refractivity contribution < 1.29 is 4.79 Å². The van der Waals surface area contributed by atoms with Crippen molar-refractivity contribution in [3.05, 3.63) is 12.7 Å². The molecule has 0 radical (unpaired) electrons. The third-order valence-electron chi connectivity index (χ3n) is 3.82. The SMILES string of the molecule is C=CCN(C(=O)CNCC1CC1)C1CCCC1. The minimum atomic E-state index is 0.248. The number of nitrogens with one attached hydrogen (secondary N) is 1. The molecule has 2 saturated carbocycles. The lowest BCUT2D eigenvalue weighted by molar-refractivity contribution is -0.131. The summed E-state index contributed by atoms with van der Waals surface area (Å²) in [5, 5.41) is 3.28. The van der Waals surface area contributed by atoms with E-state index in [9.17, 15) is 4.79 Å². The Morgan fingerprint density at radius 3 is 2.59 bits per heavy atom. The van der Waals surface area contributed by atoms with Crippen molar-refractivity contribution in [2.24, 2.45) is 5.92 Å². The van der Waals surface area contributed by atoms with E-state index >= 15 is 0 Å². The van der Waals surface area contributed by atoms with Crippen LogP contribution in [-0.4, -0.2) is 36.5 Å². The van der Waals surface area contributed by atoms with Crippen LogP contribution in [0.2, 0.25) is 0 Å². The van der Waals surface area contributed by atoms with Gasteiger partial charge in [-0.2, -0.15) is 0 Å². The molecule has 0 atom stereocenters. The Morgan fingerprint density at radius 2 is 2.00 bits per heavy atom. The van der Waals surface area contributed by atoms with E-state index in [4.69, 9.17) is 0 Å². The molecule has 17 heavy (non-hydrogen) atoms. The Kier molecular flexibility index (Phi) is 4.60. The van der Waals surface area contributed by atoms with Crippen LogP contribution in [0.5, 0.6) is 0 Å². The monoisotopic (exact) mass is 236 g/mol. The van der Waals surface area contributed by atoms with E-state index in [-0.39, 0.29) is 5.91 Å². The molecule has 3 heteroatoms. The molecular weight excluding hydrogens is 212 g/mol. The summed E-state index contributed by atoms with van der Waals surface area (Å²) in [4.78, 5) is 14.2. The molecule has 96 valence electrons. The lowest BCUT2D eigenvalue weighted by Gasteiger charge is -2.28. The Bertz CT molecular complexity index is 267. The van der Waals surface area contributed by atoms with Crippen molar-refractivity contribution in [1.29, 1.82) is 0 Å². The molecule has 0 heterocycles. The van der Waals surface area contributed by atoms with Crippen LogP contribution in [0.3, 0.4) is 0 Å². The maximum Gasteiger partial charge on any atom is 0.237 e. The fourth-order valence-corrected chi connectivity index (χ4v) is 2.62. The van der Waals surface area contributed by atoms with E-state index in [0.717, 1.165) is 12.5 Å². The van der Waals surface area contributed by atoms with Crippen LogP contribution in [0, 0.1) is 5.92 Å². The van der Waals surface area contributed by atoms with Gasteiger partial charge in [-0.1, -0.05) is 18.9 Å². The Balaban J connectivity index is 1.75. The van der Waals surface area contributed by atoms with Gasteiger partial charge in [0.15, 0.2) is 0 Å². The standard InChI is InChI=1S/C14H24N2O/c1-2-9-16(13-5-3-4-6-13)14(17)11-15-10-12-7-8-12/h2,12-13,15H,1,3-11H2. The number of rotatable bonds is 7. The Hall–Kier alpha value is -0.830. The van der Waals surface area contributed by atoms with Gasteiger partial charge in [0.2, 0.25) is 5.91 Å². The second-order valence-electron chi connectivity index (χ2n) is 5.35. The minimum Gasteiger partial charge on any atom is -0.335 e. The molecule has 2 rings (SSSR count). The van der Waals surface area contributed by atoms with Crippen molar-refractivity contribution in [3.8, 4) is 0 Å². The first-order valence-electron chi connectivity index (χ1n) is 6.92. The van der Waals surface area contributed by atoms with Gasteiger partial charge in [0.25, 0.3) is 0 Å². The Labute approximate surface area is 104 Å². The largest absolute Gasteiger partial charge is 0.335 e. The minimum absolute atomic E-state index is 0.248. The third-order valence-corrected chi connectivity index (χ3v) is 3.82. The maximum atomic E-state index is 12.1. The van der Waals surface area contributed by atoms with Gasteiger partial charge in [-0.05, 0) is 38.1 Å². The predicted octanol–water partition coefficient (Wildman–Crippen LogP) is 1.94. The summed E-state index contributed by atoms with van der Waals surface area (Å²) in [6.07, 6.45) is 9.38. The second-order valence-corrected chi connectivity index (χ2v) is 5.35. The van der Waals surface area contributed by atoms with Crippen molar-refractivity contribution in [2.45, 2.75) is 44.6 Å². The molecule has 2 aliphatic rings. The molecular formula is C14H24N2O. The number of carbonyl (C=O) groups is 1. The van der Waals surface area contributed by atoms with Gasteiger partial charge in [-0.25, -0.2) is 0 Å². The molecule has 0 saturated heterocycles. The summed E-state index contributed by atoms with van der Waals surface area (Å²) in [6, 6.07) is 0.461. The van der Waals surface area contributed by atoms with E-state index in [1.165, 1.54) is 38.5 Å². The highest BCUT2D eigenvalue weighted by molar-refractivity contribution is 5.78. The molecule has 3 nitrogen and oxygen atoms in total. The molecule has 0 aromatic carbocycles. The first kappa shape index (κ1) is 12.6. The van der Waals surface area contributed by atoms with Crippen molar-refractivity contribution in [3.63, 3.8) is 0 Å². The quantitative estimate of drug-likeness (QED) is 0.685. The smallest absolute Gasteiger partial charge is 0.237 e. The highest BCUT2D eigenvalue weighted by Crippen LogP contribution is 2.27. The molecule has 1 N–H and O–H groups in total. The first-order valence-corrected chi connectivity index (χ1v) is 6.92. The predicted molar refractivity (Wildman–Crippen MR) is 69.8 cm³/mol. The van der Waals surface area contributed by atoms with Crippen molar-refractivity contribution in [1.82, 2.24) is 10.2 Å². The van der Waals surface area contributed by atoms with Gasteiger partial charge < -0.3 is 10.2 Å². The molecule has 0 aromatic rings. The number of hydrogen-bond donors (Lipinski definition) is 1. The van der Waals surface area contributed by atoms with E-state index in [1.54, 1.807) is 0 Å². The molecule has 2 fully saturated rings. The van der Waals surface area contributed by atoms with Crippen molar-refractivity contribution >= 4 is 5.91 Å². The van der Waals surface area contributed by atoms with E-state index in [2.05, 4.69) is 11.9 Å². The van der Waals surface area contributed by atoms with Crippen LogP contribution in [-0.2, 0) is 4.79 Å². The third kappa shape index (κ3) is 3.84. The van der Waals surface area contributed by atoms with Gasteiger partial charge in [-0.15, -0.1) is 6.58 Å². The summed E-state index contributed by atoms with van der Waals surface area (Å²) in [6.45, 7) is 5.97.